The van der Waals surface area contributed by atoms with Crippen LogP contribution in [0.1, 0.15) is 32.1 Å². The first kappa shape index (κ1) is 20.0. The number of benzene rings is 2. The molecule has 6 nitrogen and oxygen atoms in total. The molecule has 2 aromatic rings. The summed E-state index contributed by atoms with van der Waals surface area (Å²) in [4.78, 5) is 41.3. The minimum atomic E-state index is -0.988. The lowest BCUT2D eigenvalue weighted by molar-refractivity contribution is -0.124. The van der Waals surface area contributed by atoms with Gasteiger partial charge in [-0.2, -0.15) is 0 Å². The van der Waals surface area contributed by atoms with Crippen LogP contribution in [0.25, 0.3) is 0 Å². The van der Waals surface area contributed by atoms with E-state index in [4.69, 9.17) is 0 Å². The van der Waals surface area contributed by atoms with E-state index in [-0.39, 0.29) is 23.8 Å². The monoisotopic (exact) mass is 413 g/mol. The zero-order valence-corrected chi connectivity index (χ0v) is 16.2. The van der Waals surface area contributed by atoms with E-state index in [9.17, 15) is 23.2 Å². The Hall–Kier alpha value is -3.29. The van der Waals surface area contributed by atoms with Gasteiger partial charge in [0.15, 0.2) is 0 Å². The Kier molecular flexibility index (Phi) is 5.48. The molecule has 2 fully saturated rings. The highest BCUT2D eigenvalue weighted by Gasteiger charge is 2.49. The Balaban J connectivity index is 1.59. The van der Waals surface area contributed by atoms with Gasteiger partial charge < -0.3 is 10.2 Å². The van der Waals surface area contributed by atoms with E-state index in [0.717, 1.165) is 36.6 Å². The molecule has 156 valence electrons. The number of amides is 4. The van der Waals surface area contributed by atoms with Crippen molar-refractivity contribution in [1.82, 2.24) is 4.90 Å². The summed E-state index contributed by atoms with van der Waals surface area (Å²) in [5.74, 6) is -2.12. The zero-order chi connectivity index (χ0) is 21.3. The van der Waals surface area contributed by atoms with Crippen LogP contribution >= 0.6 is 0 Å². The van der Waals surface area contributed by atoms with Crippen LogP contribution in [0.4, 0.5) is 25.0 Å². The average Bonchev–Trinajstić information content (AvgIpc) is 3.29. The molecule has 1 saturated heterocycles. The standard InChI is InChI=1S/C22H21F2N3O3/c23-14-5-3-7-16(11-14)25-20(28)13-19-21(29)27(18-10-4-6-15(24)12-18)22(30)26(19)17-8-1-2-9-17/h3-7,10-12,17,19H,1-2,8-9,13H2,(H,25,28). The number of nitrogens with one attached hydrogen (secondary N) is 1. The average molecular weight is 413 g/mol. The Labute approximate surface area is 172 Å². The molecule has 0 spiro atoms. The normalized spacial score (nSPS) is 19.6. The van der Waals surface area contributed by atoms with E-state index in [2.05, 4.69) is 5.32 Å². The first-order valence-electron chi connectivity index (χ1n) is 9.91. The van der Waals surface area contributed by atoms with Crippen LogP contribution in [-0.4, -0.2) is 34.8 Å². The van der Waals surface area contributed by atoms with Gasteiger partial charge in [0.25, 0.3) is 5.91 Å². The molecule has 0 aromatic heterocycles. The van der Waals surface area contributed by atoms with Gasteiger partial charge in [0.1, 0.15) is 17.7 Å². The largest absolute Gasteiger partial charge is 0.332 e. The molecule has 4 rings (SSSR count). The molecule has 1 saturated carbocycles. The van der Waals surface area contributed by atoms with Crippen LogP contribution in [0.5, 0.6) is 0 Å². The van der Waals surface area contributed by atoms with Gasteiger partial charge in [0, 0.05) is 11.7 Å². The van der Waals surface area contributed by atoms with Gasteiger partial charge in [-0.15, -0.1) is 0 Å². The number of nitrogens with zero attached hydrogens (tertiary/aromatic N) is 2. The lowest BCUT2D eigenvalue weighted by Crippen LogP contribution is -2.43. The third kappa shape index (κ3) is 3.90. The molecule has 1 unspecified atom stereocenters. The second-order valence-corrected chi connectivity index (χ2v) is 7.56. The summed E-state index contributed by atoms with van der Waals surface area (Å²) >= 11 is 0. The van der Waals surface area contributed by atoms with Crippen LogP contribution < -0.4 is 10.2 Å². The van der Waals surface area contributed by atoms with Crippen molar-refractivity contribution in [2.75, 3.05) is 10.2 Å². The highest BCUT2D eigenvalue weighted by molar-refractivity contribution is 6.22. The summed E-state index contributed by atoms with van der Waals surface area (Å²) < 4.78 is 27.1. The summed E-state index contributed by atoms with van der Waals surface area (Å²) in [5.41, 5.74) is 0.409. The topological polar surface area (TPSA) is 69.7 Å². The third-order valence-electron chi connectivity index (χ3n) is 5.53. The number of anilines is 2. The Morgan fingerprint density at radius 3 is 2.33 bits per heavy atom. The molecule has 1 atom stereocenters. The van der Waals surface area contributed by atoms with E-state index in [0.29, 0.717) is 0 Å². The van der Waals surface area contributed by atoms with Crippen LogP contribution in [0, 0.1) is 11.6 Å². The van der Waals surface area contributed by atoms with Crippen molar-refractivity contribution in [2.24, 2.45) is 0 Å². The van der Waals surface area contributed by atoms with Gasteiger partial charge >= 0.3 is 6.03 Å². The molecule has 8 heteroatoms. The molecule has 0 radical (unpaired) electrons. The van der Waals surface area contributed by atoms with Crippen LogP contribution in [0.3, 0.4) is 0 Å². The molecule has 4 amide bonds. The fourth-order valence-corrected chi connectivity index (χ4v) is 4.20. The van der Waals surface area contributed by atoms with Gasteiger partial charge in [-0.05, 0) is 49.2 Å². The van der Waals surface area contributed by atoms with E-state index in [1.165, 1.54) is 47.4 Å². The predicted octanol–water partition coefficient (Wildman–Crippen LogP) is 4.07. The number of carbonyl (C=O) groups excluding carboxylic acids is 3. The van der Waals surface area contributed by atoms with Crippen molar-refractivity contribution in [1.29, 1.82) is 0 Å². The van der Waals surface area contributed by atoms with Crippen molar-refractivity contribution < 1.29 is 23.2 Å². The number of urea groups is 1. The lowest BCUT2D eigenvalue weighted by atomic mass is 10.1. The maximum Gasteiger partial charge on any atom is 0.332 e. The molecular formula is C22H21F2N3O3. The van der Waals surface area contributed by atoms with Gasteiger partial charge in [-0.3, -0.25) is 9.59 Å². The Morgan fingerprint density at radius 2 is 1.67 bits per heavy atom. The molecule has 1 N–H and O–H groups in total. The molecule has 30 heavy (non-hydrogen) atoms. The van der Waals surface area contributed by atoms with Crippen molar-refractivity contribution in [3.63, 3.8) is 0 Å². The number of rotatable bonds is 5. The van der Waals surface area contributed by atoms with Gasteiger partial charge in [-0.25, -0.2) is 18.5 Å². The first-order chi connectivity index (χ1) is 14.4. The molecule has 2 aliphatic rings. The van der Waals surface area contributed by atoms with E-state index in [1.807, 2.05) is 0 Å². The first-order valence-corrected chi connectivity index (χ1v) is 9.91. The lowest BCUT2D eigenvalue weighted by Gasteiger charge is -2.27. The van der Waals surface area contributed by atoms with Crippen molar-refractivity contribution in [3.8, 4) is 0 Å². The molecule has 1 aliphatic carbocycles. The van der Waals surface area contributed by atoms with Crippen molar-refractivity contribution >= 4 is 29.2 Å². The summed E-state index contributed by atoms with van der Waals surface area (Å²) in [6, 6.07) is 9.02. The summed E-state index contributed by atoms with van der Waals surface area (Å²) in [6.45, 7) is 0. The fourth-order valence-electron chi connectivity index (χ4n) is 4.20. The number of carbonyl (C=O) groups is 3. The van der Waals surface area contributed by atoms with Gasteiger partial charge in [-0.1, -0.05) is 25.0 Å². The third-order valence-corrected chi connectivity index (χ3v) is 5.53. The van der Waals surface area contributed by atoms with Crippen LogP contribution in [0.15, 0.2) is 48.5 Å². The summed E-state index contributed by atoms with van der Waals surface area (Å²) in [5, 5.41) is 2.57. The number of hydrogen-bond donors (Lipinski definition) is 1. The molecule has 1 heterocycles. The van der Waals surface area contributed by atoms with E-state index < -0.39 is 35.5 Å². The maximum atomic E-state index is 13.7. The quantitative estimate of drug-likeness (QED) is 0.752. The van der Waals surface area contributed by atoms with Crippen LogP contribution in [0.2, 0.25) is 0 Å². The second kappa shape index (κ2) is 8.22. The summed E-state index contributed by atoms with van der Waals surface area (Å²) in [7, 11) is 0. The smallest absolute Gasteiger partial charge is 0.326 e. The molecule has 0 bridgehead atoms. The van der Waals surface area contributed by atoms with E-state index in [1.54, 1.807) is 0 Å². The van der Waals surface area contributed by atoms with Crippen LogP contribution in [-0.2, 0) is 9.59 Å². The van der Waals surface area contributed by atoms with Gasteiger partial charge in [0.2, 0.25) is 5.91 Å². The molecular weight excluding hydrogens is 392 g/mol. The van der Waals surface area contributed by atoms with Crippen molar-refractivity contribution in [3.05, 3.63) is 60.2 Å². The number of imide groups is 1. The highest BCUT2D eigenvalue weighted by Crippen LogP contribution is 2.34. The second-order valence-electron chi connectivity index (χ2n) is 7.56. The molecule has 2 aromatic carbocycles. The zero-order valence-electron chi connectivity index (χ0n) is 16.2. The van der Waals surface area contributed by atoms with Gasteiger partial charge in [0.05, 0.1) is 12.1 Å². The van der Waals surface area contributed by atoms with Crippen molar-refractivity contribution in [2.45, 2.75) is 44.2 Å². The molecule has 1 aliphatic heterocycles. The Morgan fingerprint density at radius 1 is 1.00 bits per heavy atom. The summed E-state index contributed by atoms with van der Waals surface area (Å²) in [6.07, 6.45) is 3.11. The SMILES string of the molecule is O=C(CC1C(=O)N(c2cccc(F)c2)C(=O)N1C1CCCC1)Nc1cccc(F)c1. The predicted molar refractivity (Wildman–Crippen MR) is 107 cm³/mol. The minimum absolute atomic E-state index is 0.140. The maximum absolute atomic E-state index is 13.7. The Bertz CT molecular complexity index is 991. The highest BCUT2D eigenvalue weighted by atomic mass is 19.1. The fraction of sp³-hybridized carbons (Fsp3) is 0.318. The van der Waals surface area contributed by atoms with E-state index >= 15 is 0 Å². The minimum Gasteiger partial charge on any atom is -0.326 e. The number of halogens is 2. The number of hydrogen-bond acceptors (Lipinski definition) is 3.